The van der Waals surface area contributed by atoms with Crippen LogP contribution in [0, 0.1) is 0 Å². The molecule has 0 bridgehead atoms. The Kier molecular flexibility index (Phi) is 3.40. The largest absolute Gasteiger partial charge is 0.338 e. The Morgan fingerprint density at radius 2 is 2.50 bits per heavy atom. The number of hydrogen-bond donors (Lipinski definition) is 1. The number of hydrogen-bond acceptors (Lipinski definition) is 3. The lowest BCUT2D eigenvalue weighted by Gasteiger charge is -2.23. The minimum absolute atomic E-state index is 0.122. The molecule has 3 nitrogen and oxygen atoms in total. The Morgan fingerprint density at radius 3 is 2.92 bits per heavy atom. The molecule has 1 amide bonds. The zero-order chi connectivity index (χ0) is 9.14. The van der Waals surface area contributed by atoms with Crippen molar-refractivity contribution < 1.29 is 4.79 Å². The van der Waals surface area contributed by atoms with E-state index in [1.165, 1.54) is 0 Å². The van der Waals surface area contributed by atoms with Gasteiger partial charge in [-0.15, -0.1) is 0 Å². The maximum absolute atomic E-state index is 11.4. The third-order valence-corrected chi connectivity index (χ3v) is 3.04. The first-order valence-electron chi connectivity index (χ1n) is 4.21. The number of nitrogens with zero attached hydrogens (tertiary/aromatic N) is 1. The van der Waals surface area contributed by atoms with Gasteiger partial charge in [-0.3, -0.25) is 4.79 Å². The van der Waals surface area contributed by atoms with Gasteiger partial charge in [0.05, 0.1) is 6.04 Å². The first-order valence-corrected chi connectivity index (χ1v) is 5.61. The molecular formula is C8H16N2OS. The molecule has 1 rings (SSSR count). The second-order valence-corrected chi connectivity index (χ2v) is 4.14. The number of rotatable bonds is 3. The smallest absolute Gasteiger partial charge is 0.239 e. The lowest BCUT2D eigenvalue weighted by molar-refractivity contribution is -0.130. The zero-order valence-corrected chi connectivity index (χ0v) is 8.43. The van der Waals surface area contributed by atoms with Crippen LogP contribution in [-0.4, -0.2) is 41.4 Å². The Bertz CT molecular complexity index is 174. The van der Waals surface area contributed by atoms with Gasteiger partial charge in [0, 0.05) is 18.3 Å². The predicted octanol–water partition coefficient (Wildman–Crippen LogP) is 0.297. The van der Waals surface area contributed by atoms with E-state index < -0.39 is 0 Å². The minimum atomic E-state index is -0.241. The topological polar surface area (TPSA) is 46.3 Å². The van der Waals surface area contributed by atoms with Crippen LogP contribution in [0.1, 0.15) is 13.3 Å². The lowest BCUT2D eigenvalue weighted by atomic mass is 10.3. The number of amides is 1. The number of likely N-dealkylation sites (tertiary alicyclic amines) is 1. The van der Waals surface area contributed by atoms with E-state index in [4.69, 9.17) is 5.73 Å². The van der Waals surface area contributed by atoms with Crippen molar-refractivity contribution in [1.82, 2.24) is 4.90 Å². The molecule has 1 heterocycles. The third kappa shape index (κ3) is 1.93. The molecule has 2 N–H and O–H groups in total. The summed E-state index contributed by atoms with van der Waals surface area (Å²) in [5.74, 6) is 1.12. The first-order chi connectivity index (χ1) is 5.66. The predicted molar refractivity (Wildman–Crippen MR) is 52.1 cm³/mol. The first kappa shape index (κ1) is 9.86. The summed E-state index contributed by atoms with van der Waals surface area (Å²) >= 11 is 1.77. The summed E-state index contributed by atoms with van der Waals surface area (Å²) < 4.78 is 0. The van der Waals surface area contributed by atoms with Gasteiger partial charge in [-0.05, 0) is 19.6 Å². The van der Waals surface area contributed by atoms with E-state index in [1.807, 2.05) is 4.90 Å². The van der Waals surface area contributed by atoms with E-state index in [2.05, 4.69) is 13.2 Å². The van der Waals surface area contributed by atoms with E-state index >= 15 is 0 Å². The molecule has 0 aliphatic carbocycles. The molecule has 2 atom stereocenters. The fourth-order valence-corrected chi connectivity index (χ4v) is 2.16. The molecule has 0 aromatic carbocycles. The number of carbonyl (C=O) groups is 1. The molecular weight excluding hydrogens is 172 g/mol. The average molecular weight is 188 g/mol. The van der Waals surface area contributed by atoms with Crippen molar-refractivity contribution in [3.63, 3.8) is 0 Å². The maximum Gasteiger partial charge on any atom is 0.239 e. The van der Waals surface area contributed by atoms with Crippen LogP contribution in [0.4, 0.5) is 0 Å². The molecule has 0 aromatic heterocycles. The van der Waals surface area contributed by atoms with Crippen LogP contribution in [0.25, 0.3) is 0 Å². The summed E-state index contributed by atoms with van der Waals surface area (Å²) in [6.07, 6.45) is 2.87. The van der Waals surface area contributed by atoms with E-state index in [-0.39, 0.29) is 11.9 Å². The van der Waals surface area contributed by atoms with Crippen molar-refractivity contribution in [2.45, 2.75) is 25.4 Å². The SMILES string of the molecule is CSCC(C)N1CCC(N)C1=O. The summed E-state index contributed by atoms with van der Waals surface area (Å²) in [6.45, 7) is 2.91. The second kappa shape index (κ2) is 4.14. The van der Waals surface area contributed by atoms with Crippen molar-refractivity contribution in [3.8, 4) is 0 Å². The molecule has 1 saturated heterocycles. The van der Waals surface area contributed by atoms with Gasteiger partial charge in [-0.2, -0.15) is 11.8 Å². The van der Waals surface area contributed by atoms with Gasteiger partial charge < -0.3 is 10.6 Å². The molecule has 1 aliphatic rings. The Hall–Kier alpha value is -0.220. The Morgan fingerprint density at radius 1 is 1.83 bits per heavy atom. The van der Waals surface area contributed by atoms with Gasteiger partial charge in [0.15, 0.2) is 0 Å². The summed E-state index contributed by atoms with van der Waals surface area (Å²) in [6, 6.07) is 0.0929. The van der Waals surface area contributed by atoms with E-state index in [0.717, 1.165) is 18.7 Å². The van der Waals surface area contributed by atoms with Crippen LogP contribution in [-0.2, 0) is 4.79 Å². The molecule has 12 heavy (non-hydrogen) atoms. The van der Waals surface area contributed by atoms with E-state index in [1.54, 1.807) is 11.8 Å². The van der Waals surface area contributed by atoms with E-state index in [0.29, 0.717) is 6.04 Å². The number of nitrogens with two attached hydrogens (primary N) is 1. The van der Waals surface area contributed by atoms with Gasteiger partial charge >= 0.3 is 0 Å². The molecule has 70 valence electrons. The molecule has 2 unspecified atom stereocenters. The highest BCUT2D eigenvalue weighted by molar-refractivity contribution is 7.98. The summed E-state index contributed by atoms with van der Waals surface area (Å²) in [5, 5.41) is 0. The zero-order valence-electron chi connectivity index (χ0n) is 7.62. The van der Waals surface area contributed by atoms with Crippen LogP contribution in [0.5, 0.6) is 0 Å². The highest BCUT2D eigenvalue weighted by Crippen LogP contribution is 2.14. The molecule has 1 aliphatic heterocycles. The molecule has 0 aromatic rings. The van der Waals surface area contributed by atoms with Crippen LogP contribution in [0.15, 0.2) is 0 Å². The van der Waals surface area contributed by atoms with Crippen molar-refractivity contribution in [2.24, 2.45) is 5.73 Å². The summed E-state index contributed by atoms with van der Waals surface area (Å²) in [4.78, 5) is 13.3. The molecule has 0 saturated carbocycles. The second-order valence-electron chi connectivity index (χ2n) is 3.23. The quantitative estimate of drug-likeness (QED) is 0.693. The Balaban J connectivity index is 2.47. The van der Waals surface area contributed by atoms with Crippen molar-refractivity contribution in [3.05, 3.63) is 0 Å². The fraction of sp³-hybridized carbons (Fsp3) is 0.875. The van der Waals surface area contributed by atoms with Crippen molar-refractivity contribution in [2.75, 3.05) is 18.6 Å². The number of carbonyl (C=O) groups excluding carboxylic acids is 1. The van der Waals surface area contributed by atoms with Crippen molar-refractivity contribution in [1.29, 1.82) is 0 Å². The summed E-state index contributed by atoms with van der Waals surface area (Å²) in [5.41, 5.74) is 5.60. The van der Waals surface area contributed by atoms with Gasteiger partial charge in [0.25, 0.3) is 0 Å². The number of thioether (sulfide) groups is 1. The minimum Gasteiger partial charge on any atom is -0.338 e. The average Bonchev–Trinajstić information content (AvgIpc) is 2.34. The van der Waals surface area contributed by atoms with Crippen LogP contribution >= 0.6 is 11.8 Å². The van der Waals surface area contributed by atoms with Crippen LogP contribution < -0.4 is 5.73 Å². The third-order valence-electron chi connectivity index (χ3n) is 2.22. The lowest BCUT2D eigenvalue weighted by Crippen LogP contribution is -2.40. The van der Waals surface area contributed by atoms with Gasteiger partial charge in [0.1, 0.15) is 0 Å². The maximum atomic E-state index is 11.4. The van der Waals surface area contributed by atoms with E-state index in [9.17, 15) is 4.79 Å². The monoisotopic (exact) mass is 188 g/mol. The normalized spacial score (nSPS) is 26.4. The van der Waals surface area contributed by atoms with Gasteiger partial charge in [-0.25, -0.2) is 0 Å². The molecule has 4 heteroatoms. The molecule has 0 spiro atoms. The van der Waals surface area contributed by atoms with Crippen LogP contribution in [0.3, 0.4) is 0 Å². The highest BCUT2D eigenvalue weighted by Gasteiger charge is 2.31. The standard InChI is InChI=1S/C8H16N2OS/c1-6(5-12-2)10-4-3-7(9)8(10)11/h6-7H,3-5,9H2,1-2H3. The molecule has 1 fully saturated rings. The van der Waals surface area contributed by atoms with Gasteiger partial charge in [0.2, 0.25) is 5.91 Å². The highest BCUT2D eigenvalue weighted by atomic mass is 32.2. The Labute approximate surface area is 77.7 Å². The molecule has 0 radical (unpaired) electrons. The summed E-state index contributed by atoms with van der Waals surface area (Å²) in [7, 11) is 0. The van der Waals surface area contributed by atoms with Gasteiger partial charge in [-0.1, -0.05) is 0 Å². The van der Waals surface area contributed by atoms with Crippen molar-refractivity contribution >= 4 is 17.7 Å². The fourth-order valence-electron chi connectivity index (χ4n) is 1.49. The van der Waals surface area contributed by atoms with Crippen LogP contribution in [0.2, 0.25) is 0 Å².